The van der Waals surface area contributed by atoms with Crippen molar-refractivity contribution in [2.75, 3.05) is 13.6 Å². The number of fused-ring (bicyclic) bond motifs is 3. The molecule has 3 atom stereocenters. The molecule has 4 heterocycles. The number of hydrogen-bond donors (Lipinski definition) is 3. The second kappa shape index (κ2) is 6.98. The van der Waals surface area contributed by atoms with Crippen molar-refractivity contribution in [2.24, 2.45) is 0 Å². The number of benzene rings is 1. The van der Waals surface area contributed by atoms with Crippen molar-refractivity contribution < 1.29 is 19.1 Å². The van der Waals surface area contributed by atoms with Crippen molar-refractivity contribution in [3.63, 3.8) is 0 Å². The molecule has 0 radical (unpaired) electrons. The van der Waals surface area contributed by atoms with E-state index in [1.54, 1.807) is 12.5 Å². The highest BCUT2D eigenvalue weighted by Gasteiger charge is 2.48. The highest BCUT2D eigenvalue weighted by Crippen LogP contribution is 2.32. The van der Waals surface area contributed by atoms with Crippen molar-refractivity contribution in [3.05, 3.63) is 42.5 Å². The van der Waals surface area contributed by atoms with Crippen LogP contribution in [0, 0.1) is 0 Å². The van der Waals surface area contributed by atoms with E-state index in [1.807, 2.05) is 31.3 Å². The minimum absolute atomic E-state index is 0.0968. The van der Waals surface area contributed by atoms with Gasteiger partial charge in [-0.2, -0.15) is 5.10 Å². The summed E-state index contributed by atoms with van der Waals surface area (Å²) in [6.07, 6.45) is 4.40. The van der Waals surface area contributed by atoms with Crippen LogP contribution >= 0.6 is 0 Å². The molecule has 2 bridgehead atoms. The maximum Gasteiger partial charge on any atom is 0.290 e. The Bertz CT molecular complexity index is 963. The number of rotatable bonds is 3. The lowest BCUT2D eigenvalue weighted by atomic mass is 9.99. The lowest BCUT2D eigenvalue weighted by Gasteiger charge is -2.30. The lowest BCUT2D eigenvalue weighted by molar-refractivity contribution is -0.122. The summed E-state index contributed by atoms with van der Waals surface area (Å²) in [5.74, 6) is 0.0968. The first kappa shape index (κ1) is 17.4. The number of aromatic nitrogens is 2. The number of carbonyl (C=O) groups excluding carboxylic acids is 1. The fourth-order valence-corrected chi connectivity index (χ4v) is 4.13. The lowest BCUT2D eigenvalue weighted by Crippen LogP contribution is -2.53. The van der Waals surface area contributed by atoms with Gasteiger partial charge >= 0.3 is 0 Å². The maximum atomic E-state index is 13.1. The van der Waals surface area contributed by atoms with Crippen molar-refractivity contribution >= 4 is 23.2 Å². The third-order valence-electron chi connectivity index (χ3n) is 5.46. The largest absolute Gasteiger partial charge is 0.483 e. The summed E-state index contributed by atoms with van der Waals surface area (Å²) in [6, 6.07) is 8.47. The second-order valence-electron chi connectivity index (χ2n) is 6.83. The zero-order valence-corrected chi connectivity index (χ0v) is 14.8. The SMILES string of the molecule is CN1C(C(=O)c2n[nH]c3cc(-c4ccoc4)ccc23)[C@H]2C[C@H]1CN2.O=CO. The van der Waals surface area contributed by atoms with Gasteiger partial charge in [-0.25, -0.2) is 0 Å². The van der Waals surface area contributed by atoms with Crippen LogP contribution in [0.15, 0.2) is 41.2 Å². The molecule has 2 aliphatic heterocycles. The molecular weight excluding hydrogens is 348 g/mol. The van der Waals surface area contributed by atoms with Gasteiger partial charge in [0.15, 0.2) is 0 Å². The van der Waals surface area contributed by atoms with Gasteiger partial charge < -0.3 is 14.8 Å². The number of likely N-dealkylation sites (tertiary alicyclic amines) is 1. The van der Waals surface area contributed by atoms with E-state index in [0.29, 0.717) is 11.7 Å². The van der Waals surface area contributed by atoms with E-state index in [-0.39, 0.29) is 24.3 Å². The molecule has 0 saturated carbocycles. The average Bonchev–Trinajstić information content (AvgIpc) is 3.44. The van der Waals surface area contributed by atoms with Gasteiger partial charge in [0.1, 0.15) is 5.69 Å². The highest BCUT2D eigenvalue weighted by molar-refractivity contribution is 6.09. The van der Waals surface area contributed by atoms with Gasteiger partial charge in [0, 0.05) is 29.6 Å². The number of ketones is 1. The fourth-order valence-electron chi connectivity index (χ4n) is 4.13. The zero-order chi connectivity index (χ0) is 19.0. The van der Waals surface area contributed by atoms with E-state index in [2.05, 4.69) is 20.4 Å². The van der Waals surface area contributed by atoms with Gasteiger partial charge in [-0.15, -0.1) is 0 Å². The summed E-state index contributed by atoms with van der Waals surface area (Å²) in [4.78, 5) is 23.6. The predicted molar refractivity (Wildman–Crippen MR) is 98.6 cm³/mol. The Labute approximate surface area is 155 Å². The molecule has 0 spiro atoms. The molecule has 0 amide bonds. The minimum Gasteiger partial charge on any atom is -0.483 e. The number of carboxylic acid groups (broad SMARTS) is 1. The monoisotopic (exact) mass is 368 g/mol. The summed E-state index contributed by atoms with van der Waals surface area (Å²) in [5, 5.41) is 18.6. The Hall–Kier alpha value is -2.97. The zero-order valence-electron chi connectivity index (χ0n) is 14.8. The summed E-state index contributed by atoms with van der Waals surface area (Å²) in [7, 11) is 2.04. The number of nitrogens with zero attached hydrogens (tertiary/aromatic N) is 2. The first-order valence-corrected chi connectivity index (χ1v) is 8.72. The molecule has 8 nitrogen and oxygen atoms in total. The number of carbonyl (C=O) groups is 2. The maximum absolute atomic E-state index is 13.1. The Morgan fingerprint density at radius 2 is 2.19 bits per heavy atom. The molecule has 27 heavy (non-hydrogen) atoms. The number of hydrogen-bond acceptors (Lipinski definition) is 6. The van der Waals surface area contributed by atoms with Gasteiger partial charge in [-0.3, -0.25) is 19.6 Å². The van der Waals surface area contributed by atoms with Crippen LogP contribution in [0.25, 0.3) is 22.0 Å². The topological polar surface area (TPSA) is 111 Å². The van der Waals surface area contributed by atoms with Gasteiger partial charge in [-0.1, -0.05) is 6.07 Å². The van der Waals surface area contributed by atoms with Crippen LogP contribution in [0.2, 0.25) is 0 Å². The van der Waals surface area contributed by atoms with Gasteiger partial charge in [-0.05, 0) is 37.2 Å². The Morgan fingerprint density at radius 1 is 1.37 bits per heavy atom. The van der Waals surface area contributed by atoms with E-state index >= 15 is 0 Å². The minimum atomic E-state index is -0.250. The molecule has 3 N–H and O–H groups in total. The van der Waals surface area contributed by atoms with Crippen LogP contribution < -0.4 is 5.32 Å². The van der Waals surface area contributed by atoms with Crippen LogP contribution in [0.4, 0.5) is 0 Å². The fraction of sp³-hybridized carbons (Fsp3) is 0.316. The second-order valence-corrected chi connectivity index (χ2v) is 6.83. The van der Waals surface area contributed by atoms with Crippen molar-refractivity contribution in [3.8, 4) is 11.1 Å². The normalized spacial score (nSPS) is 24.0. The number of furan rings is 1. The van der Waals surface area contributed by atoms with E-state index < -0.39 is 0 Å². The molecule has 3 aromatic rings. The summed E-state index contributed by atoms with van der Waals surface area (Å²) in [5.41, 5.74) is 3.46. The molecule has 1 aromatic carbocycles. The standard InChI is InChI=1S/C18H18N4O2.CH2O2/c1-22-12-7-15(19-8-12)17(22)18(23)16-13-3-2-10(6-14(13)20-21-16)11-4-5-24-9-11;2-1-3/h2-6,9,12,15,17,19H,7-8H2,1H3,(H,20,21);1H,(H,2,3)/t12-,15+,17?;/m0./s1. The Balaban J connectivity index is 0.000000565. The highest BCUT2D eigenvalue weighted by atomic mass is 16.3. The molecule has 8 heteroatoms. The van der Waals surface area contributed by atoms with Gasteiger partial charge in [0.2, 0.25) is 5.78 Å². The van der Waals surface area contributed by atoms with E-state index in [9.17, 15) is 4.79 Å². The molecular formula is C19H20N4O4. The van der Waals surface area contributed by atoms with Crippen LogP contribution in [-0.4, -0.2) is 64.2 Å². The number of nitrogens with one attached hydrogen (secondary N) is 2. The third-order valence-corrected chi connectivity index (χ3v) is 5.46. The summed E-state index contributed by atoms with van der Waals surface area (Å²) in [6.45, 7) is 0.723. The number of Topliss-reactive ketones (excluding diaryl/α,β-unsaturated/α-hetero) is 1. The Morgan fingerprint density at radius 3 is 2.85 bits per heavy atom. The molecule has 2 saturated heterocycles. The van der Waals surface area contributed by atoms with Crippen LogP contribution in [0.5, 0.6) is 0 Å². The molecule has 2 aliphatic rings. The van der Waals surface area contributed by atoms with Crippen LogP contribution in [0.1, 0.15) is 16.9 Å². The summed E-state index contributed by atoms with van der Waals surface area (Å²) < 4.78 is 5.14. The molecule has 0 aliphatic carbocycles. The van der Waals surface area contributed by atoms with Crippen LogP contribution in [0.3, 0.4) is 0 Å². The average molecular weight is 368 g/mol. The van der Waals surface area contributed by atoms with E-state index in [1.165, 1.54) is 0 Å². The number of H-pyrrole nitrogens is 1. The first-order chi connectivity index (χ1) is 13.1. The predicted octanol–water partition coefficient (Wildman–Crippen LogP) is 1.75. The number of likely N-dealkylation sites (N-methyl/N-ethyl adjacent to an activating group) is 1. The van der Waals surface area contributed by atoms with Crippen LogP contribution in [-0.2, 0) is 4.79 Å². The van der Waals surface area contributed by atoms with Crippen molar-refractivity contribution in [2.45, 2.75) is 24.5 Å². The molecule has 2 aromatic heterocycles. The summed E-state index contributed by atoms with van der Waals surface area (Å²) >= 11 is 0. The first-order valence-electron chi connectivity index (χ1n) is 8.72. The van der Waals surface area contributed by atoms with Gasteiger partial charge in [0.05, 0.1) is 24.1 Å². The molecule has 2 fully saturated rings. The molecule has 140 valence electrons. The Kier molecular flexibility index (Phi) is 4.51. The van der Waals surface area contributed by atoms with E-state index in [0.717, 1.165) is 35.0 Å². The van der Waals surface area contributed by atoms with E-state index in [4.69, 9.17) is 14.3 Å². The van der Waals surface area contributed by atoms with Gasteiger partial charge in [0.25, 0.3) is 6.47 Å². The van der Waals surface area contributed by atoms with Crippen molar-refractivity contribution in [1.82, 2.24) is 20.4 Å². The number of aromatic amines is 1. The quantitative estimate of drug-likeness (QED) is 0.477. The number of piperazine rings is 1. The third kappa shape index (κ3) is 2.92. The molecule has 5 rings (SSSR count). The smallest absolute Gasteiger partial charge is 0.290 e. The van der Waals surface area contributed by atoms with Crippen molar-refractivity contribution in [1.29, 1.82) is 0 Å². The molecule has 1 unspecified atom stereocenters.